The van der Waals surface area contributed by atoms with Crippen LogP contribution in [-0.2, 0) is 14.8 Å². The topological polar surface area (TPSA) is 110 Å². The standard InChI is InChI=1S/C9H16N4O3S/c10-9-8(6-11-13-9)17(14,15)12-5-7-1-3-16-4-2-7/h6-7,12H,1-5H2,(H3,10,11,13). The van der Waals surface area contributed by atoms with Crippen LogP contribution < -0.4 is 10.5 Å². The number of nitrogens with zero attached hydrogens (tertiary/aromatic N) is 1. The Morgan fingerprint density at radius 2 is 2.24 bits per heavy atom. The van der Waals surface area contributed by atoms with Gasteiger partial charge in [0.2, 0.25) is 10.0 Å². The lowest BCUT2D eigenvalue weighted by molar-refractivity contribution is 0.0678. The second-order valence-corrected chi connectivity index (χ2v) is 5.79. The lowest BCUT2D eigenvalue weighted by Crippen LogP contribution is -2.32. The van der Waals surface area contributed by atoms with E-state index in [1.54, 1.807) is 0 Å². The van der Waals surface area contributed by atoms with Crippen LogP contribution >= 0.6 is 0 Å². The van der Waals surface area contributed by atoms with Crippen molar-refractivity contribution in [1.29, 1.82) is 0 Å². The third-order valence-corrected chi connectivity index (χ3v) is 4.28. The molecule has 0 saturated carbocycles. The summed E-state index contributed by atoms with van der Waals surface area (Å²) in [6, 6.07) is 0. The van der Waals surface area contributed by atoms with E-state index in [-0.39, 0.29) is 10.7 Å². The highest BCUT2D eigenvalue weighted by atomic mass is 32.2. The molecule has 17 heavy (non-hydrogen) atoms. The summed E-state index contributed by atoms with van der Waals surface area (Å²) in [6.07, 6.45) is 2.97. The third kappa shape index (κ3) is 2.96. The van der Waals surface area contributed by atoms with Crippen LogP contribution in [0.3, 0.4) is 0 Å². The number of nitrogen functional groups attached to an aromatic ring is 1. The van der Waals surface area contributed by atoms with Gasteiger partial charge in [-0.25, -0.2) is 13.1 Å². The van der Waals surface area contributed by atoms with E-state index in [1.165, 1.54) is 6.20 Å². The van der Waals surface area contributed by atoms with Crippen LogP contribution in [0.15, 0.2) is 11.1 Å². The SMILES string of the molecule is Nc1[nH]ncc1S(=O)(=O)NCC1CCOCC1. The van der Waals surface area contributed by atoms with Gasteiger partial charge < -0.3 is 10.5 Å². The van der Waals surface area contributed by atoms with Crippen molar-refractivity contribution in [2.45, 2.75) is 17.7 Å². The summed E-state index contributed by atoms with van der Waals surface area (Å²) in [4.78, 5) is 0.00422. The summed E-state index contributed by atoms with van der Waals surface area (Å²) < 4.78 is 31.5. The van der Waals surface area contributed by atoms with Gasteiger partial charge in [0.1, 0.15) is 10.7 Å². The third-order valence-electron chi connectivity index (χ3n) is 2.82. The number of nitrogens with two attached hydrogens (primary N) is 1. The van der Waals surface area contributed by atoms with Crippen molar-refractivity contribution in [2.24, 2.45) is 5.92 Å². The van der Waals surface area contributed by atoms with E-state index < -0.39 is 10.0 Å². The number of H-pyrrole nitrogens is 1. The Morgan fingerprint density at radius 3 is 2.82 bits per heavy atom. The molecule has 1 aromatic rings. The van der Waals surface area contributed by atoms with Gasteiger partial charge in [-0.15, -0.1) is 0 Å². The first-order chi connectivity index (χ1) is 8.09. The molecule has 1 saturated heterocycles. The van der Waals surface area contributed by atoms with Gasteiger partial charge in [0.05, 0.1) is 6.20 Å². The predicted molar refractivity (Wildman–Crippen MR) is 61.7 cm³/mol. The fourth-order valence-corrected chi connectivity index (χ4v) is 2.89. The van der Waals surface area contributed by atoms with Gasteiger partial charge in [0.25, 0.3) is 0 Å². The van der Waals surface area contributed by atoms with Crippen molar-refractivity contribution in [3.63, 3.8) is 0 Å². The summed E-state index contributed by atoms with van der Waals surface area (Å²) in [6.45, 7) is 1.80. The van der Waals surface area contributed by atoms with Crippen molar-refractivity contribution >= 4 is 15.8 Å². The quantitative estimate of drug-likeness (QED) is 0.688. The minimum atomic E-state index is -3.56. The molecule has 0 aromatic carbocycles. The van der Waals surface area contributed by atoms with Crippen LogP contribution in [0.5, 0.6) is 0 Å². The number of hydrogen-bond acceptors (Lipinski definition) is 5. The van der Waals surface area contributed by atoms with Crippen molar-refractivity contribution in [3.8, 4) is 0 Å². The Bertz CT molecular complexity index is 464. The Kier molecular flexibility index (Phi) is 3.65. The van der Waals surface area contributed by atoms with Crippen LogP contribution in [0.2, 0.25) is 0 Å². The van der Waals surface area contributed by atoms with Crippen LogP contribution in [0, 0.1) is 5.92 Å². The van der Waals surface area contributed by atoms with Gasteiger partial charge in [-0.2, -0.15) is 5.10 Å². The van der Waals surface area contributed by atoms with Crippen molar-refractivity contribution in [2.75, 3.05) is 25.5 Å². The molecule has 0 radical (unpaired) electrons. The van der Waals surface area contributed by atoms with E-state index in [9.17, 15) is 8.42 Å². The molecule has 7 nitrogen and oxygen atoms in total. The molecule has 1 aliphatic heterocycles. The Balaban J connectivity index is 1.96. The van der Waals surface area contributed by atoms with E-state index in [1.807, 2.05) is 0 Å². The normalized spacial score (nSPS) is 18.4. The van der Waals surface area contributed by atoms with E-state index in [2.05, 4.69) is 14.9 Å². The largest absolute Gasteiger partial charge is 0.383 e. The molecule has 2 heterocycles. The molecule has 0 aliphatic carbocycles. The maximum Gasteiger partial charge on any atom is 0.245 e. The second kappa shape index (κ2) is 5.03. The van der Waals surface area contributed by atoms with Crippen LogP contribution in [0.25, 0.3) is 0 Å². The fourth-order valence-electron chi connectivity index (χ4n) is 1.76. The molecule has 1 fully saturated rings. The maximum absolute atomic E-state index is 11.9. The number of hydrogen-bond donors (Lipinski definition) is 3. The molecule has 0 unspecified atom stereocenters. The number of aromatic amines is 1. The highest BCUT2D eigenvalue weighted by molar-refractivity contribution is 7.89. The first-order valence-electron chi connectivity index (χ1n) is 5.46. The molecule has 0 amide bonds. The lowest BCUT2D eigenvalue weighted by atomic mass is 10.0. The zero-order valence-corrected chi connectivity index (χ0v) is 10.2. The summed E-state index contributed by atoms with van der Waals surface area (Å²) in [5, 5.41) is 5.99. The smallest absolute Gasteiger partial charge is 0.245 e. The Labute approximate surface area is 99.8 Å². The molecule has 0 spiro atoms. The average Bonchev–Trinajstić information content (AvgIpc) is 2.75. The Morgan fingerprint density at radius 1 is 1.53 bits per heavy atom. The molecule has 96 valence electrons. The lowest BCUT2D eigenvalue weighted by Gasteiger charge is -2.21. The fraction of sp³-hybridized carbons (Fsp3) is 0.667. The summed E-state index contributed by atoms with van der Waals surface area (Å²) in [5.74, 6) is 0.385. The molecule has 2 rings (SSSR count). The molecule has 0 bridgehead atoms. The number of nitrogens with one attached hydrogen (secondary N) is 2. The number of aromatic nitrogens is 2. The predicted octanol–water partition coefficient (Wildman–Crippen LogP) is -0.303. The second-order valence-electron chi connectivity index (χ2n) is 4.06. The molecule has 0 atom stereocenters. The van der Waals surface area contributed by atoms with E-state index in [0.717, 1.165) is 12.8 Å². The number of anilines is 1. The zero-order valence-electron chi connectivity index (χ0n) is 9.35. The highest BCUT2D eigenvalue weighted by Gasteiger charge is 2.21. The number of ether oxygens (including phenoxy) is 1. The first-order valence-corrected chi connectivity index (χ1v) is 6.94. The molecule has 1 aromatic heterocycles. The van der Waals surface area contributed by atoms with Gasteiger partial charge in [-0.3, -0.25) is 5.10 Å². The molecular weight excluding hydrogens is 244 g/mol. The van der Waals surface area contributed by atoms with Gasteiger partial charge in [-0.1, -0.05) is 0 Å². The van der Waals surface area contributed by atoms with Gasteiger partial charge >= 0.3 is 0 Å². The van der Waals surface area contributed by atoms with E-state index >= 15 is 0 Å². The number of rotatable bonds is 4. The van der Waals surface area contributed by atoms with Crippen LogP contribution in [0.1, 0.15) is 12.8 Å². The van der Waals surface area contributed by atoms with E-state index in [0.29, 0.717) is 25.7 Å². The Hall–Kier alpha value is -1.12. The zero-order chi connectivity index (χ0) is 12.3. The van der Waals surface area contributed by atoms with Crippen molar-refractivity contribution in [1.82, 2.24) is 14.9 Å². The van der Waals surface area contributed by atoms with E-state index in [4.69, 9.17) is 10.5 Å². The summed E-state index contributed by atoms with van der Waals surface area (Å²) >= 11 is 0. The monoisotopic (exact) mass is 260 g/mol. The minimum Gasteiger partial charge on any atom is -0.383 e. The minimum absolute atomic E-state index is 0.00422. The van der Waals surface area contributed by atoms with Gasteiger partial charge in [0, 0.05) is 19.8 Å². The first kappa shape index (κ1) is 12.3. The molecule has 4 N–H and O–H groups in total. The maximum atomic E-state index is 11.9. The van der Waals surface area contributed by atoms with Gasteiger partial charge in [0.15, 0.2) is 0 Å². The molecule has 8 heteroatoms. The summed E-state index contributed by atoms with van der Waals surface area (Å²) in [7, 11) is -3.56. The van der Waals surface area contributed by atoms with Gasteiger partial charge in [-0.05, 0) is 18.8 Å². The molecular formula is C9H16N4O3S. The summed E-state index contributed by atoms with van der Waals surface area (Å²) in [5.41, 5.74) is 5.48. The number of sulfonamides is 1. The van der Waals surface area contributed by atoms with Crippen LogP contribution in [-0.4, -0.2) is 38.4 Å². The van der Waals surface area contributed by atoms with Crippen molar-refractivity contribution < 1.29 is 13.2 Å². The highest BCUT2D eigenvalue weighted by Crippen LogP contribution is 2.17. The molecule has 1 aliphatic rings. The van der Waals surface area contributed by atoms with Crippen LogP contribution in [0.4, 0.5) is 5.82 Å². The van der Waals surface area contributed by atoms with Crippen molar-refractivity contribution in [3.05, 3.63) is 6.20 Å². The average molecular weight is 260 g/mol.